The lowest BCUT2D eigenvalue weighted by Gasteiger charge is -2.12. The first-order valence-corrected chi connectivity index (χ1v) is 8.44. The highest BCUT2D eigenvalue weighted by Crippen LogP contribution is 2.36. The molecule has 0 radical (unpaired) electrons. The average Bonchev–Trinajstić information content (AvgIpc) is 3.00. The molecule has 0 saturated carbocycles. The highest BCUT2D eigenvalue weighted by atomic mass is 79.9. The summed E-state index contributed by atoms with van der Waals surface area (Å²) in [5, 5.41) is 2.39. The fourth-order valence-electron chi connectivity index (χ4n) is 3.37. The minimum Gasteiger partial charge on any atom is -0.293 e. The van der Waals surface area contributed by atoms with Crippen LogP contribution in [-0.4, -0.2) is 5.78 Å². The lowest BCUT2D eigenvalue weighted by Crippen LogP contribution is -2.08. The molecule has 3 aromatic carbocycles. The van der Waals surface area contributed by atoms with Crippen LogP contribution in [0.3, 0.4) is 0 Å². The summed E-state index contributed by atoms with van der Waals surface area (Å²) in [6.07, 6.45) is 2.17. The average molecular weight is 351 g/mol. The van der Waals surface area contributed by atoms with Gasteiger partial charge < -0.3 is 0 Å². The fraction of sp³-hybridized carbons (Fsp3) is 0.150. The molecule has 22 heavy (non-hydrogen) atoms. The number of ketones is 1. The van der Waals surface area contributed by atoms with Crippen molar-refractivity contribution in [2.24, 2.45) is 0 Å². The van der Waals surface area contributed by atoms with Crippen LogP contribution in [-0.2, 0) is 12.8 Å². The Morgan fingerprint density at radius 1 is 0.864 bits per heavy atom. The number of carbonyl (C=O) groups excluding carboxylic acids is 1. The van der Waals surface area contributed by atoms with Gasteiger partial charge in [-0.2, -0.15) is 0 Å². The molecule has 1 aliphatic rings. The highest BCUT2D eigenvalue weighted by Gasteiger charge is 2.23. The second-order valence-corrected chi connectivity index (χ2v) is 6.67. The van der Waals surface area contributed by atoms with Crippen LogP contribution < -0.4 is 0 Å². The van der Waals surface area contributed by atoms with E-state index in [1.54, 1.807) is 0 Å². The summed E-state index contributed by atoms with van der Waals surface area (Å²) < 4.78 is 0. The summed E-state index contributed by atoms with van der Waals surface area (Å²) in [5.41, 5.74) is 4.55. The Hall–Kier alpha value is -1.93. The van der Waals surface area contributed by atoms with E-state index < -0.39 is 0 Å². The Balaban J connectivity index is 1.84. The van der Waals surface area contributed by atoms with Crippen molar-refractivity contribution < 1.29 is 4.79 Å². The molecule has 0 saturated heterocycles. The molecule has 4 rings (SSSR count). The van der Waals surface area contributed by atoms with Crippen LogP contribution in [0.5, 0.6) is 0 Å². The number of halogens is 1. The normalized spacial score (nSPS) is 14.2. The molecule has 108 valence electrons. The first-order valence-electron chi connectivity index (χ1n) is 7.52. The van der Waals surface area contributed by atoms with Crippen molar-refractivity contribution >= 4 is 32.5 Å². The van der Waals surface area contributed by atoms with Gasteiger partial charge in [-0.1, -0.05) is 76.6 Å². The summed E-state index contributed by atoms with van der Waals surface area (Å²) in [4.78, 5) is 12.7. The van der Waals surface area contributed by atoms with Gasteiger partial charge in [0.2, 0.25) is 0 Å². The lowest BCUT2D eigenvalue weighted by atomic mass is 9.95. The Bertz CT molecular complexity index is 857. The Kier molecular flexibility index (Phi) is 3.34. The first kappa shape index (κ1) is 13.7. The molecule has 0 aromatic heterocycles. The van der Waals surface area contributed by atoms with Crippen molar-refractivity contribution in [3.63, 3.8) is 0 Å². The van der Waals surface area contributed by atoms with Crippen molar-refractivity contribution in [1.29, 1.82) is 0 Å². The summed E-state index contributed by atoms with van der Waals surface area (Å²) in [6.45, 7) is 0. The third-order valence-electron chi connectivity index (χ3n) is 4.46. The van der Waals surface area contributed by atoms with Gasteiger partial charge in [-0.15, -0.1) is 0 Å². The van der Waals surface area contributed by atoms with E-state index in [-0.39, 0.29) is 10.6 Å². The molecule has 1 nitrogen and oxygen atoms in total. The summed E-state index contributed by atoms with van der Waals surface area (Å²) in [7, 11) is 0. The Labute approximate surface area is 138 Å². The molecule has 0 N–H and O–H groups in total. The van der Waals surface area contributed by atoms with Crippen LogP contribution in [0.2, 0.25) is 0 Å². The van der Waals surface area contributed by atoms with Gasteiger partial charge in [-0.05, 0) is 40.3 Å². The van der Waals surface area contributed by atoms with Crippen LogP contribution >= 0.6 is 15.9 Å². The van der Waals surface area contributed by atoms with Gasteiger partial charge in [-0.25, -0.2) is 0 Å². The van der Waals surface area contributed by atoms with Gasteiger partial charge >= 0.3 is 0 Å². The van der Waals surface area contributed by atoms with Crippen LogP contribution in [0.1, 0.15) is 31.9 Å². The molecule has 0 aliphatic heterocycles. The quantitative estimate of drug-likeness (QED) is 0.465. The maximum absolute atomic E-state index is 13.0. The van der Waals surface area contributed by atoms with Crippen molar-refractivity contribution in [1.82, 2.24) is 0 Å². The molecule has 0 heterocycles. The highest BCUT2D eigenvalue weighted by molar-refractivity contribution is 9.09. The monoisotopic (exact) mass is 350 g/mol. The number of Topliss-reactive ketones (excluding diaryl/α,β-unsaturated/α-hetero) is 1. The number of aryl methyl sites for hydroxylation is 2. The van der Waals surface area contributed by atoms with Gasteiger partial charge in [0, 0.05) is 5.56 Å². The molecule has 2 heteroatoms. The van der Waals surface area contributed by atoms with Gasteiger partial charge in [0.05, 0.1) is 0 Å². The summed E-state index contributed by atoms with van der Waals surface area (Å²) >= 11 is 3.58. The first-order chi connectivity index (χ1) is 10.8. The number of hydrogen-bond acceptors (Lipinski definition) is 1. The van der Waals surface area contributed by atoms with E-state index in [1.165, 1.54) is 16.5 Å². The minimum absolute atomic E-state index is 0.127. The van der Waals surface area contributed by atoms with Gasteiger partial charge in [0.15, 0.2) is 5.78 Å². The molecule has 1 atom stereocenters. The maximum Gasteiger partial charge on any atom is 0.181 e. The fourth-order valence-corrected chi connectivity index (χ4v) is 3.92. The second-order valence-electron chi connectivity index (χ2n) is 5.75. The van der Waals surface area contributed by atoms with Gasteiger partial charge in [-0.3, -0.25) is 4.79 Å². The third-order valence-corrected chi connectivity index (χ3v) is 5.41. The largest absolute Gasteiger partial charge is 0.293 e. The van der Waals surface area contributed by atoms with Gasteiger partial charge in [0.1, 0.15) is 4.83 Å². The number of alkyl halides is 1. The smallest absolute Gasteiger partial charge is 0.181 e. The number of rotatable bonds is 3. The number of carbonyl (C=O) groups is 1. The molecular formula is C20H15BrO. The van der Waals surface area contributed by atoms with E-state index in [0.717, 1.165) is 29.4 Å². The van der Waals surface area contributed by atoms with Crippen molar-refractivity contribution in [3.05, 3.63) is 82.9 Å². The lowest BCUT2D eigenvalue weighted by molar-refractivity contribution is 0.0993. The Morgan fingerprint density at radius 2 is 1.59 bits per heavy atom. The molecule has 0 fully saturated rings. The Morgan fingerprint density at radius 3 is 2.36 bits per heavy atom. The molecular weight excluding hydrogens is 336 g/mol. The summed E-state index contributed by atoms with van der Waals surface area (Å²) in [5.74, 6) is 0.127. The van der Waals surface area contributed by atoms with Gasteiger partial charge in [0.25, 0.3) is 0 Å². The van der Waals surface area contributed by atoms with E-state index in [2.05, 4.69) is 40.2 Å². The van der Waals surface area contributed by atoms with Crippen LogP contribution in [0.4, 0.5) is 0 Å². The van der Waals surface area contributed by atoms with E-state index in [1.807, 2.05) is 36.4 Å². The van der Waals surface area contributed by atoms with E-state index in [0.29, 0.717) is 0 Å². The number of benzene rings is 3. The van der Waals surface area contributed by atoms with E-state index in [4.69, 9.17) is 0 Å². The standard InChI is InChI=1S/C20H15BrO/c21-19(15-5-2-1-3-6-15)20(22)17-12-11-14-10-9-13-7-4-8-16(17)18(13)14/h1-8,11-12,19H,9-10H2. The minimum atomic E-state index is -0.299. The topological polar surface area (TPSA) is 17.1 Å². The second kappa shape index (κ2) is 5.36. The van der Waals surface area contributed by atoms with Crippen molar-refractivity contribution in [2.45, 2.75) is 17.7 Å². The zero-order chi connectivity index (χ0) is 15.1. The molecule has 0 bridgehead atoms. The number of hydrogen-bond donors (Lipinski definition) is 0. The van der Waals surface area contributed by atoms with E-state index >= 15 is 0 Å². The van der Waals surface area contributed by atoms with Crippen molar-refractivity contribution in [3.8, 4) is 0 Å². The molecule has 0 spiro atoms. The van der Waals surface area contributed by atoms with Crippen molar-refractivity contribution in [2.75, 3.05) is 0 Å². The third kappa shape index (κ3) is 2.10. The zero-order valence-corrected chi connectivity index (χ0v) is 13.6. The molecule has 3 aromatic rings. The SMILES string of the molecule is O=C(c1ccc2c3c(cccc13)CC2)C(Br)c1ccccc1. The predicted octanol–water partition coefficient (Wildman–Crippen LogP) is 5.26. The zero-order valence-electron chi connectivity index (χ0n) is 12.1. The maximum atomic E-state index is 13.0. The molecule has 1 unspecified atom stereocenters. The molecule has 0 amide bonds. The summed E-state index contributed by atoms with van der Waals surface area (Å²) in [6, 6.07) is 20.3. The van der Waals surface area contributed by atoms with Crippen LogP contribution in [0.15, 0.2) is 60.7 Å². The predicted molar refractivity (Wildman–Crippen MR) is 93.8 cm³/mol. The molecule has 1 aliphatic carbocycles. The van der Waals surface area contributed by atoms with Crippen LogP contribution in [0, 0.1) is 0 Å². The van der Waals surface area contributed by atoms with Crippen LogP contribution in [0.25, 0.3) is 10.8 Å². The van der Waals surface area contributed by atoms with E-state index in [9.17, 15) is 4.79 Å².